The van der Waals surface area contributed by atoms with E-state index in [4.69, 9.17) is 17.4 Å². The van der Waals surface area contributed by atoms with Crippen molar-refractivity contribution in [1.82, 2.24) is 5.06 Å². The van der Waals surface area contributed by atoms with Gasteiger partial charge in [0.1, 0.15) is 6.34 Å². The summed E-state index contributed by atoms with van der Waals surface area (Å²) in [5.41, 5.74) is 0.182. The lowest BCUT2D eigenvalue weighted by molar-refractivity contribution is -0.193. The molecule has 1 heterocycles. The highest BCUT2D eigenvalue weighted by molar-refractivity contribution is 6.31. The van der Waals surface area contributed by atoms with Crippen LogP contribution < -0.4 is 11.2 Å². The third kappa shape index (κ3) is 3.87. The lowest BCUT2D eigenvalue weighted by Crippen LogP contribution is -2.31. The fourth-order valence-corrected chi connectivity index (χ4v) is 2.06. The maximum absolute atomic E-state index is 14.1. The molecule has 0 aliphatic carbocycles. The maximum Gasteiger partial charge on any atom is 0.356 e. The summed E-state index contributed by atoms with van der Waals surface area (Å²) in [6.07, 6.45) is 3.01. The molecule has 1 saturated heterocycles. The zero-order valence-electron chi connectivity index (χ0n) is 12.2. The molecule has 1 aliphatic heterocycles. The molecular formula is C14H12ClFN4O4. The first kappa shape index (κ1) is 17.4. The Labute approximate surface area is 140 Å². The number of nitrogens with one attached hydrogen (secondary N) is 1. The van der Waals surface area contributed by atoms with Crippen molar-refractivity contribution in [2.45, 2.75) is 12.8 Å². The quantitative estimate of drug-likeness (QED) is 0.206. The fourth-order valence-electron chi connectivity index (χ4n) is 1.89. The van der Waals surface area contributed by atoms with E-state index >= 15 is 0 Å². The Morgan fingerprint density at radius 2 is 2.04 bits per heavy atom. The number of nitrogens with zero attached hydrogens (tertiary/aromatic N) is 2. The number of benzene rings is 1. The van der Waals surface area contributed by atoms with Crippen LogP contribution in [0.2, 0.25) is 5.02 Å². The molecule has 1 aliphatic rings. The molecule has 8 nitrogen and oxygen atoms in total. The summed E-state index contributed by atoms with van der Waals surface area (Å²) < 4.78 is 14.1. The Hall–Kier alpha value is -2.94. The maximum atomic E-state index is 14.1. The number of nitrogens with two attached hydrogens (primary N) is 1. The molecule has 0 atom stereocenters. The van der Waals surface area contributed by atoms with Crippen LogP contribution in [-0.4, -0.2) is 29.2 Å². The van der Waals surface area contributed by atoms with Crippen molar-refractivity contribution in [2.75, 3.05) is 5.32 Å². The lowest BCUT2D eigenvalue weighted by atomic mass is 10.1. The number of rotatable bonds is 5. The van der Waals surface area contributed by atoms with Gasteiger partial charge in [-0.05, 0) is 18.2 Å². The Morgan fingerprint density at radius 1 is 1.38 bits per heavy atom. The second kappa shape index (κ2) is 7.55. The molecule has 0 spiro atoms. The second-order valence-electron chi connectivity index (χ2n) is 4.57. The van der Waals surface area contributed by atoms with Crippen molar-refractivity contribution < 1.29 is 23.6 Å². The Kier molecular flexibility index (Phi) is 5.48. The van der Waals surface area contributed by atoms with E-state index in [0.29, 0.717) is 5.06 Å². The summed E-state index contributed by atoms with van der Waals surface area (Å²) in [4.78, 5) is 39.1. The molecular weight excluding hydrogens is 343 g/mol. The monoisotopic (exact) mass is 354 g/mol. The summed E-state index contributed by atoms with van der Waals surface area (Å²) in [6, 6.07) is 2.76. The molecule has 1 aromatic rings. The van der Waals surface area contributed by atoms with E-state index in [9.17, 15) is 18.8 Å². The van der Waals surface area contributed by atoms with E-state index in [-0.39, 0.29) is 29.1 Å². The Balaban J connectivity index is 2.18. The van der Waals surface area contributed by atoms with E-state index < -0.39 is 23.6 Å². The zero-order valence-corrected chi connectivity index (χ0v) is 12.9. The third-order valence-electron chi connectivity index (χ3n) is 3.00. The van der Waals surface area contributed by atoms with Crippen LogP contribution in [0.4, 0.5) is 10.1 Å². The van der Waals surface area contributed by atoms with Gasteiger partial charge in [0.25, 0.3) is 11.8 Å². The van der Waals surface area contributed by atoms with Crippen LogP contribution in [-0.2, 0) is 19.2 Å². The van der Waals surface area contributed by atoms with E-state index in [1.807, 2.05) is 0 Å². The third-order valence-corrected chi connectivity index (χ3v) is 3.29. The Bertz CT molecular complexity index is 735. The van der Waals surface area contributed by atoms with E-state index in [1.54, 1.807) is 0 Å². The standard InChI is InChI=1S/C14H12ClFN4O4/c15-9-2-3-10(18-7-19-17)8(14(9)16)1-6-13(23)24-20-11(21)4-5-12(20)22/h1-3,6-7H,4-5,17H2,(H,18,19)/b6-1+. The summed E-state index contributed by atoms with van der Waals surface area (Å²) in [7, 11) is 0. The lowest BCUT2D eigenvalue weighted by Gasteiger charge is -2.11. The molecule has 0 saturated carbocycles. The number of hydroxylamine groups is 2. The van der Waals surface area contributed by atoms with Gasteiger partial charge >= 0.3 is 5.97 Å². The highest BCUT2D eigenvalue weighted by Crippen LogP contribution is 2.26. The first-order valence-electron chi connectivity index (χ1n) is 6.66. The van der Waals surface area contributed by atoms with Crippen LogP contribution >= 0.6 is 11.6 Å². The van der Waals surface area contributed by atoms with Gasteiger partial charge in [-0.1, -0.05) is 11.6 Å². The van der Waals surface area contributed by atoms with Gasteiger partial charge in [0.2, 0.25) is 0 Å². The summed E-state index contributed by atoms with van der Waals surface area (Å²) in [5, 5.41) is 6.05. The number of imide groups is 1. The Morgan fingerprint density at radius 3 is 2.67 bits per heavy atom. The highest BCUT2D eigenvalue weighted by atomic mass is 35.5. The predicted molar refractivity (Wildman–Crippen MR) is 83.9 cm³/mol. The van der Waals surface area contributed by atoms with Crippen molar-refractivity contribution in [2.24, 2.45) is 10.9 Å². The molecule has 3 N–H and O–H groups in total. The van der Waals surface area contributed by atoms with E-state index in [2.05, 4.69) is 15.3 Å². The minimum Gasteiger partial charge on any atom is -0.344 e. The number of anilines is 1. The van der Waals surface area contributed by atoms with Gasteiger partial charge < -0.3 is 16.0 Å². The molecule has 24 heavy (non-hydrogen) atoms. The topological polar surface area (TPSA) is 114 Å². The minimum absolute atomic E-state index is 0.0226. The van der Waals surface area contributed by atoms with Crippen molar-refractivity contribution in [3.8, 4) is 0 Å². The average Bonchev–Trinajstić information content (AvgIpc) is 2.87. The summed E-state index contributed by atoms with van der Waals surface area (Å²) in [6.45, 7) is 0. The SMILES string of the molecule is N/N=C\Nc1ccc(Cl)c(F)c1/C=C/C(=O)ON1C(=O)CCC1=O. The molecule has 1 fully saturated rings. The van der Waals surface area contributed by atoms with Crippen LogP contribution in [0.5, 0.6) is 0 Å². The fraction of sp³-hybridized carbons (Fsp3) is 0.143. The second-order valence-corrected chi connectivity index (χ2v) is 4.98. The largest absolute Gasteiger partial charge is 0.356 e. The van der Waals surface area contributed by atoms with Gasteiger partial charge in [-0.15, -0.1) is 5.06 Å². The molecule has 0 unspecified atom stereocenters. The van der Waals surface area contributed by atoms with Crippen molar-refractivity contribution >= 4 is 47.5 Å². The molecule has 2 amide bonds. The number of carbonyl (C=O) groups is 3. The molecule has 10 heteroatoms. The van der Waals surface area contributed by atoms with E-state index in [0.717, 1.165) is 18.5 Å². The molecule has 0 radical (unpaired) electrons. The zero-order chi connectivity index (χ0) is 17.7. The first-order valence-corrected chi connectivity index (χ1v) is 7.04. The predicted octanol–water partition coefficient (Wildman–Crippen LogP) is 1.41. The minimum atomic E-state index is -1.02. The van der Waals surface area contributed by atoms with Gasteiger partial charge in [-0.3, -0.25) is 9.59 Å². The van der Waals surface area contributed by atoms with E-state index in [1.165, 1.54) is 12.1 Å². The smallest absolute Gasteiger partial charge is 0.344 e. The van der Waals surface area contributed by atoms with Gasteiger partial charge in [-0.25, -0.2) is 9.18 Å². The average molecular weight is 355 g/mol. The number of hydrazone groups is 1. The summed E-state index contributed by atoms with van der Waals surface area (Å²) in [5.74, 6) is 1.93. The molecule has 0 bridgehead atoms. The molecule has 126 valence electrons. The van der Waals surface area contributed by atoms with Crippen LogP contribution in [0.1, 0.15) is 18.4 Å². The van der Waals surface area contributed by atoms with Crippen molar-refractivity contribution in [1.29, 1.82) is 0 Å². The number of hydrogen-bond acceptors (Lipinski definition) is 6. The molecule has 2 rings (SSSR count). The van der Waals surface area contributed by atoms with Gasteiger partial charge in [-0.2, -0.15) is 5.10 Å². The van der Waals surface area contributed by atoms with Gasteiger partial charge in [0.15, 0.2) is 5.82 Å². The number of halogens is 2. The summed E-state index contributed by atoms with van der Waals surface area (Å²) >= 11 is 5.70. The first-order chi connectivity index (χ1) is 11.4. The number of carbonyl (C=O) groups excluding carboxylic acids is 3. The van der Waals surface area contributed by atoms with Crippen molar-refractivity contribution in [3.63, 3.8) is 0 Å². The van der Waals surface area contributed by atoms with Gasteiger partial charge in [0.05, 0.1) is 5.02 Å². The molecule has 1 aromatic carbocycles. The highest BCUT2D eigenvalue weighted by Gasteiger charge is 2.32. The van der Waals surface area contributed by atoms with Crippen molar-refractivity contribution in [3.05, 3.63) is 34.6 Å². The number of amides is 2. The van der Waals surface area contributed by atoms with Crippen LogP contribution in [0.15, 0.2) is 23.3 Å². The van der Waals surface area contributed by atoms with Crippen LogP contribution in [0.25, 0.3) is 6.08 Å². The normalized spacial score (nSPS) is 14.8. The van der Waals surface area contributed by atoms with Gasteiger partial charge in [0, 0.05) is 30.2 Å². The van der Waals surface area contributed by atoms with Crippen LogP contribution in [0, 0.1) is 5.82 Å². The van der Waals surface area contributed by atoms with Crippen LogP contribution in [0.3, 0.4) is 0 Å². The number of hydrogen-bond donors (Lipinski definition) is 2. The molecule has 0 aromatic heterocycles.